The Kier molecular flexibility index (Phi) is 5.71. The molecule has 0 saturated heterocycles. The lowest BCUT2D eigenvalue weighted by atomic mass is 10.1. The minimum atomic E-state index is -0.545. The van der Waals surface area contributed by atoms with Crippen molar-refractivity contribution in [3.05, 3.63) is 42.6 Å². The van der Waals surface area contributed by atoms with Gasteiger partial charge in [-0.15, -0.1) is 0 Å². The van der Waals surface area contributed by atoms with Crippen LogP contribution in [-0.4, -0.2) is 39.4 Å². The molecule has 0 spiro atoms. The highest BCUT2D eigenvalue weighted by Crippen LogP contribution is 2.19. The number of amides is 1. The van der Waals surface area contributed by atoms with Gasteiger partial charge in [-0.25, -0.2) is 9.97 Å². The molecule has 1 aromatic heterocycles. The molecule has 2 rings (SSSR count). The zero-order valence-electron chi connectivity index (χ0n) is 11.7. The molecule has 0 aliphatic heterocycles. The van der Waals surface area contributed by atoms with Crippen molar-refractivity contribution in [2.45, 2.75) is 18.2 Å². The molecule has 1 aromatic carbocycles. The van der Waals surface area contributed by atoms with Crippen LogP contribution in [0.15, 0.2) is 47.8 Å². The van der Waals surface area contributed by atoms with E-state index in [0.717, 1.165) is 11.3 Å². The van der Waals surface area contributed by atoms with Crippen LogP contribution in [0.25, 0.3) is 11.3 Å². The molecule has 5 nitrogen and oxygen atoms in total. The second-order valence-corrected chi connectivity index (χ2v) is 5.47. The van der Waals surface area contributed by atoms with E-state index in [1.54, 1.807) is 13.1 Å². The lowest BCUT2D eigenvalue weighted by molar-refractivity contribution is -0.118. The number of benzene rings is 1. The average molecular weight is 303 g/mol. The summed E-state index contributed by atoms with van der Waals surface area (Å²) >= 11 is 1.27. The summed E-state index contributed by atoms with van der Waals surface area (Å²) in [6.07, 6.45) is 1.14. The van der Waals surface area contributed by atoms with E-state index in [1.807, 2.05) is 36.4 Å². The van der Waals surface area contributed by atoms with Crippen molar-refractivity contribution in [2.24, 2.45) is 0 Å². The van der Waals surface area contributed by atoms with Crippen LogP contribution >= 0.6 is 11.8 Å². The molecule has 6 heteroatoms. The molecule has 1 amide bonds. The highest BCUT2D eigenvalue weighted by Gasteiger charge is 2.07. The van der Waals surface area contributed by atoms with Crippen LogP contribution in [0, 0.1) is 0 Å². The van der Waals surface area contributed by atoms with Gasteiger partial charge in [0, 0.05) is 18.3 Å². The SMILES string of the molecule is C[C@H](O)CNC(=O)CSc1nccc(-c2ccccc2)n1. The Morgan fingerprint density at radius 1 is 1.33 bits per heavy atom. The summed E-state index contributed by atoms with van der Waals surface area (Å²) in [7, 11) is 0. The van der Waals surface area contributed by atoms with Crippen LogP contribution in [0.2, 0.25) is 0 Å². The van der Waals surface area contributed by atoms with Gasteiger partial charge in [0.1, 0.15) is 0 Å². The summed E-state index contributed by atoms with van der Waals surface area (Å²) in [5.41, 5.74) is 1.85. The molecule has 0 fully saturated rings. The predicted molar refractivity (Wildman–Crippen MR) is 82.9 cm³/mol. The van der Waals surface area contributed by atoms with Crippen molar-refractivity contribution in [2.75, 3.05) is 12.3 Å². The van der Waals surface area contributed by atoms with Gasteiger partial charge in [-0.1, -0.05) is 42.1 Å². The number of hydrogen-bond acceptors (Lipinski definition) is 5. The largest absolute Gasteiger partial charge is 0.392 e. The fourth-order valence-electron chi connectivity index (χ4n) is 1.62. The summed E-state index contributed by atoms with van der Waals surface area (Å²) in [5.74, 6) is 0.0833. The van der Waals surface area contributed by atoms with Gasteiger partial charge in [0.2, 0.25) is 5.91 Å². The first-order valence-corrected chi connectivity index (χ1v) is 7.60. The van der Waals surface area contributed by atoms with Crippen molar-refractivity contribution < 1.29 is 9.90 Å². The average Bonchev–Trinajstić information content (AvgIpc) is 2.52. The molecular weight excluding hydrogens is 286 g/mol. The van der Waals surface area contributed by atoms with Crippen LogP contribution in [0.3, 0.4) is 0 Å². The number of thioether (sulfide) groups is 1. The molecule has 110 valence electrons. The van der Waals surface area contributed by atoms with Gasteiger partial charge in [0.25, 0.3) is 0 Å². The number of hydrogen-bond donors (Lipinski definition) is 2. The van der Waals surface area contributed by atoms with E-state index in [2.05, 4.69) is 15.3 Å². The Morgan fingerprint density at radius 3 is 2.81 bits per heavy atom. The lowest BCUT2D eigenvalue weighted by Gasteiger charge is -2.07. The Balaban J connectivity index is 1.94. The molecular formula is C15H17N3O2S. The maximum atomic E-state index is 11.6. The Morgan fingerprint density at radius 2 is 2.10 bits per heavy atom. The van der Waals surface area contributed by atoms with E-state index < -0.39 is 6.10 Å². The lowest BCUT2D eigenvalue weighted by Crippen LogP contribution is -2.31. The molecule has 0 saturated carbocycles. The van der Waals surface area contributed by atoms with E-state index >= 15 is 0 Å². The monoisotopic (exact) mass is 303 g/mol. The normalized spacial score (nSPS) is 11.9. The van der Waals surface area contributed by atoms with Crippen LogP contribution < -0.4 is 5.32 Å². The fourth-order valence-corrected chi connectivity index (χ4v) is 2.28. The summed E-state index contributed by atoms with van der Waals surface area (Å²) in [6, 6.07) is 11.7. The smallest absolute Gasteiger partial charge is 0.230 e. The molecule has 2 aromatic rings. The first kappa shape index (κ1) is 15.5. The Labute approximate surface area is 127 Å². The first-order chi connectivity index (χ1) is 10.1. The van der Waals surface area contributed by atoms with Gasteiger partial charge >= 0.3 is 0 Å². The maximum Gasteiger partial charge on any atom is 0.230 e. The van der Waals surface area contributed by atoms with Crippen molar-refractivity contribution in [3.8, 4) is 11.3 Å². The van der Waals surface area contributed by atoms with Crippen molar-refractivity contribution in [1.29, 1.82) is 0 Å². The van der Waals surface area contributed by atoms with Crippen LogP contribution in [0.5, 0.6) is 0 Å². The third kappa shape index (κ3) is 5.17. The van der Waals surface area contributed by atoms with Crippen LogP contribution in [0.1, 0.15) is 6.92 Å². The number of nitrogens with one attached hydrogen (secondary N) is 1. The Bertz CT molecular complexity index is 590. The molecule has 1 heterocycles. The molecule has 0 bridgehead atoms. The standard InChI is InChI=1S/C15H17N3O2S/c1-11(19)9-17-14(20)10-21-15-16-8-7-13(18-15)12-5-3-2-4-6-12/h2-8,11,19H,9-10H2,1H3,(H,17,20)/t11-/m0/s1. The zero-order chi connectivity index (χ0) is 15.1. The number of aromatic nitrogens is 2. The van der Waals surface area contributed by atoms with Gasteiger partial charge in [-0.2, -0.15) is 0 Å². The first-order valence-electron chi connectivity index (χ1n) is 6.61. The number of carbonyl (C=O) groups is 1. The number of carbonyl (C=O) groups excluding carboxylic acids is 1. The highest BCUT2D eigenvalue weighted by molar-refractivity contribution is 7.99. The third-order valence-corrected chi connectivity index (χ3v) is 3.49. The number of nitrogens with zero attached hydrogens (tertiary/aromatic N) is 2. The number of aliphatic hydroxyl groups excluding tert-OH is 1. The summed E-state index contributed by atoms with van der Waals surface area (Å²) in [6.45, 7) is 1.88. The van der Waals surface area contributed by atoms with Crippen molar-refractivity contribution in [3.63, 3.8) is 0 Å². The van der Waals surface area contributed by atoms with Crippen LogP contribution in [0.4, 0.5) is 0 Å². The zero-order valence-corrected chi connectivity index (χ0v) is 12.5. The summed E-state index contributed by atoms with van der Waals surface area (Å²) < 4.78 is 0. The topological polar surface area (TPSA) is 75.1 Å². The van der Waals surface area contributed by atoms with E-state index in [1.165, 1.54) is 11.8 Å². The van der Waals surface area contributed by atoms with Gasteiger partial charge in [0.15, 0.2) is 5.16 Å². The second kappa shape index (κ2) is 7.75. The molecule has 21 heavy (non-hydrogen) atoms. The van der Waals surface area contributed by atoms with E-state index in [0.29, 0.717) is 5.16 Å². The molecule has 0 aliphatic carbocycles. The molecule has 1 atom stereocenters. The highest BCUT2D eigenvalue weighted by atomic mass is 32.2. The quantitative estimate of drug-likeness (QED) is 0.628. The number of rotatable bonds is 6. The van der Waals surface area contributed by atoms with E-state index in [4.69, 9.17) is 5.11 Å². The third-order valence-electron chi connectivity index (χ3n) is 2.63. The molecule has 0 radical (unpaired) electrons. The van der Waals surface area contributed by atoms with Gasteiger partial charge in [-0.3, -0.25) is 4.79 Å². The minimum Gasteiger partial charge on any atom is -0.392 e. The summed E-state index contributed by atoms with van der Waals surface area (Å²) in [5, 5.41) is 12.3. The van der Waals surface area contributed by atoms with Crippen molar-refractivity contribution in [1.82, 2.24) is 15.3 Å². The van der Waals surface area contributed by atoms with Crippen LogP contribution in [-0.2, 0) is 4.79 Å². The van der Waals surface area contributed by atoms with E-state index in [-0.39, 0.29) is 18.2 Å². The number of aliphatic hydroxyl groups is 1. The Hall–Kier alpha value is -1.92. The summed E-state index contributed by atoms with van der Waals surface area (Å²) in [4.78, 5) is 20.2. The van der Waals surface area contributed by atoms with Gasteiger partial charge in [0.05, 0.1) is 17.6 Å². The minimum absolute atomic E-state index is 0.144. The molecule has 0 unspecified atom stereocenters. The van der Waals surface area contributed by atoms with Gasteiger partial charge in [-0.05, 0) is 13.0 Å². The molecule has 0 aliphatic rings. The second-order valence-electron chi connectivity index (χ2n) is 4.53. The van der Waals surface area contributed by atoms with Gasteiger partial charge < -0.3 is 10.4 Å². The van der Waals surface area contributed by atoms with Crippen molar-refractivity contribution >= 4 is 17.7 Å². The maximum absolute atomic E-state index is 11.6. The van der Waals surface area contributed by atoms with E-state index in [9.17, 15) is 4.79 Å². The fraction of sp³-hybridized carbons (Fsp3) is 0.267. The predicted octanol–water partition coefficient (Wildman–Crippen LogP) is 1.73. The molecule has 2 N–H and O–H groups in total.